The van der Waals surface area contributed by atoms with E-state index in [0.717, 1.165) is 11.3 Å². The van der Waals surface area contributed by atoms with Gasteiger partial charge >= 0.3 is 5.97 Å². The van der Waals surface area contributed by atoms with Crippen LogP contribution in [0.2, 0.25) is 0 Å². The molecule has 0 fully saturated rings. The summed E-state index contributed by atoms with van der Waals surface area (Å²) in [5.41, 5.74) is 0. The summed E-state index contributed by atoms with van der Waals surface area (Å²) in [4.78, 5) is 12.7. The van der Waals surface area contributed by atoms with E-state index in [9.17, 15) is 13.2 Å². The lowest BCUT2D eigenvalue weighted by Crippen LogP contribution is -2.44. The van der Waals surface area contributed by atoms with Gasteiger partial charge in [0.2, 0.25) is 10.0 Å². The van der Waals surface area contributed by atoms with Crippen molar-refractivity contribution >= 4 is 27.3 Å². The molecule has 0 radical (unpaired) electrons. The third-order valence-electron chi connectivity index (χ3n) is 2.77. The maximum absolute atomic E-state index is 12.2. The number of thiophene rings is 1. The summed E-state index contributed by atoms with van der Waals surface area (Å²) in [5.74, 6) is -0.991. The molecule has 6 nitrogen and oxygen atoms in total. The Morgan fingerprint density at radius 1 is 1.45 bits per heavy atom. The molecule has 0 saturated carbocycles. The van der Waals surface area contributed by atoms with Crippen molar-refractivity contribution in [1.82, 2.24) is 9.62 Å². The van der Waals surface area contributed by atoms with Crippen LogP contribution in [0.3, 0.4) is 0 Å². The van der Waals surface area contributed by atoms with E-state index in [0.29, 0.717) is 6.54 Å². The molecule has 0 saturated heterocycles. The van der Waals surface area contributed by atoms with Gasteiger partial charge in [-0.3, -0.25) is 0 Å². The lowest BCUT2D eigenvalue weighted by atomic mass is 10.1. The fourth-order valence-corrected chi connectivity index (χ4v) is 4.10. The van der Waals surface area contributed by atoms with Gasteiger partial charge in [-0.05, 0) is 26.1 Å². The average molecular weight is 320 g/mol. The molecule has 0 amide bonds. The molecule has 1 aromatic rings. The number of carboxylic acids is 1. The monoisotopic (exact) mass is 320 g/mol. The van der Waals surface area contributed by atoms with Gasteiger partial charge in [0, 0.05) is 18.0 Å². The van der Waals surface area contributed by atoms with Gasteiger partial charge in [-0.25, -0.2) is 17.9 Å². The molecule has 0 aliphatic rings. The van der Waals surface area contributed by atoms with Crippen molar-refractivity contribution in [3.63, 3.8) is 0 Å². The molecule has 2 N–H and O–H groups in total. The zero-order valence-electron chi connectivity index (χ0n) is 12.0. The fourth-order valence-electron chi connectivity index (χ4n) is 1.62. The molecule has 114 valence electrons. The van der Waals surface area contributed by atoms with E-state index in [1.807, 2.05) is 32.8 Å². The lowest BCUT2D eigenvalue weighted by molar-refractivity contribution is 0.0702. The molecule has 1 heterocycles. The van der Waals surface area contributed by atoms with Crippen LogP contribution in [0.25, 0.3) is 0 Å². The Balaban J connectivity index is 2.94. The predicted octanol–water partition coefficient (Wildman–Crippen LogP) is 1.31. The first-order chi connectivity index (χ1) is 9.13. The van der Waals surface area contributed by atoms with Gasteiger partial charge in [-0.2, -0.15) is 0 Å². The van der Waals surface area contributed by atoms with E-state index in [-0.39, 0.29) is 21.7 Å². The smallest absolute Gasteiger partial charge is 0.345 e. The molecule has 0 bridgehead atoms. The number of hydrogen-bond donors (Lipinski definition) is 2. The number of rotatable bonds is 7. The Hall–Kier alpha value is -0.960. The van der Waals surface area contributed by atoms with Gasteiger partial charge in [-0.15, -0.1) is 11.3 Å². The van der Waals surface area contributed by atoms with E-state index in [4.69, 9.17) is 5.11 Å². The summed E-state index contributed by atoms with van der Waals surface area (Å²) in [5, 5.41) is 10.2. The van der Waals surface area contributed by atoms with Gasteiger partial charge in [-0.1, -0.05) is 13.8 Å². The van der Waals surface area contributed by atoms with E-state index in [1.54, 1.807) is 0 Å². The highest BCUT2D eigenvalue weighted by Gasteiger charge is 2.24. The van der Waals surface area contributed by atoms with Gasteiger partial charge in [0.25, 0.3) is 0 Å². The number of hydrogen-bond acceptors (Lipinski definition) is 5. The molecule has 1 atom stereocenters. The summed E-state index contributed by atoms with van der Waals surface area (Å²) in [6, 6.07) is 0.950. The first kappa shape index (κ1) is 17.1. The lowest BCUT2D eigenvalue weighted by Gasteiger charge is -2.25. The van der Waals surface area contributed by atoms with Crippen molar-refractivity contribution in [3.05, 3.63) is 16.3 Å². The topological polar surface area (TPSA) is 86.7 Å². The maximum Gasteiger partial charge on any atom is 0.345 e. The van der Waals surface area contributed by atoms with Crippen LogP contribution in [0.15, 0.2) is 16.3 Å². The van der Waals surface area contributed by atoms with Crippen LogP contribution in [0.5, 0.6) is 0 Å². The average Bonchev–Trinajstić information content (AvgIpc) is 2.76. The quantitative estimate of drug-likeness (QED) is 0.791. The van der Waals surface area contributed by atoms with Gasteiger partial charge < -0.3 is 10.0 Å². The maximum atomic E-state index is 12.2. The Labute approximate surface area is 123 Å². The van der Waals surface area contributed by atoms with Crippen LogP contribution in [0, 0.1) is 5.92 Å². The minimum atomic E-state index is -3.69. The van der Waals surface area contributed by atoms with Crippen molar-refractivity contribution in [2.24, 2.45) is 5.92 Å². The van der Waals surface area contributed by atoms with Crippen molar-refractivity contribution in [2.75, 3.05) is 20.6 Å². The highest BCUT2D eigenvalue weighted by molar-refractivity contribution is 7.89. The number of carboxylic acid groups (broad SMARTS) is 1. The third-order valence-corrected chi connectivity index (χ3v) is 5.31. The van der Waals surface area contributed by atoms with E-state index >= 15 is 0 Å². The van der Waals surface area contributed by atoms with Gasteiger partial charge in [0.05, 0.1) is 4.90 Å². The van der Waals surface area contributed by atoms with Crippen LogP contribution in [-0.2, 0) is 10.0 Å². The number of nitrogens with zero attached hydrogens (tertiary/aromatic N) is 1. The Kier molecular flexibility index (Phi) is 5.69. The Bertz CT molecular complexity index is 564. The van der Waals surface area contributed by atoms with Crippen molar-refractivity contribution in [2.45, 2.75) is 24.8 Å². The van der Waals surface area contributed by atoms with Crippen LogP contribution >= 0.6 is 11.3 Å². The SMILES string of the molecule is CC(C)C(CN(C)C)NS(=O)(=O)c1csc(C(=O)O)c1. The molecule has 0 aromatic carbocycles. The molecule has 1 aromatic heterocycles. The summed E-state index contributed by atoms with van der Waals surface area (Å²) < 4.78 is 27.1. The number of sulfonamides is 1. The summed E-state index contributed by atoms with van der Waals surface area (Å²) in [6.07, 6.45) is 0. The number of nitrogens with one attached hydrogen (secondary N) is 1. The molecule has 8 heteroatoms. The van der Waals surface area contributed by atoms with Gasteiger partial charge in [0.15, 0.2) is 0 Å². The molecule has 1 unspecified atom stereocenters. The predicted molar refractivity (Wildman–Crippen MR) is 78.8 cm³/mol. The second-order valence-electron chi connectivity index (χ2n) is 5.19. The van der Waals surface area contributed by atoms with Crippen LogP contribution in [-0.4, -0.2) is 51.1 Å². The van der Waals surface area contributed by atoms with Crippen LogP contribution < -0.4 is 4.72 Å². The third kappa shape index (κ3) is 4.55. The van der Waals surface area contributed by atoms with Crippen molar-refractivity contribution in [1.29, 1.82) is 0 Å². The van der Waals surface area contributed by atoms with Crippen molar-refractivity contribution in [3.8, 4) is 0 Å². The standard InChI is InChI=1S/C12H20N2O4S2/c1-8(2)10(6-14(3)4)13-20(17,18)9-5-11(12(15)16)19-7-9/h5,7-8,10,13H,6H2,1-4H3,(H,15,16). The normalized spacial score (nSPS) is 13.9. The molecular weight excluding hydrogens is 300 g/mol. The van der Waals surface area contributed by atoms with E-state index in [1.165, 1.54) is 11.4 Å². The fraction of sp³-hybridized carbons (Fsp3) is 0.583. The highest BCUT2D eigenvalue weighted by Crippen LogP contribution is 2.20. The molecule has 20 heavy (non-hydrogen) atoms. The van der Waals surface area contributed by atoms with Crippen LogP contribution in [0.4, 0.5) is 0 Å². The van der Waals surface area contributed by atoms with E-state index < -0.39 is 16.0 Å². The van der Waals surface area contributed by atoms with Crippen LogP contribution in [0.1, 0.15) is 23.5 Å². The van der Waals surface area contributed by atoms with Gasteiger partial charge in [0.1, 0.15) is 4.88 Å². The number of likely N-dealkylation sites (N-methyl/N-ethyl adjacent to an activating group) is 1. The minimum Gasteiger partial charge on any atom is -0.477 e. The number of carbonyl (C=O) groups is 1. The molecule has 1 rings (SSSR count). The molecule has 0 aliphatic carbocycles. The summed E-state index contributed by atoms with van der Waals surface area (Å²) in [6.45, 7) is 4.45. The number of aromatic carboxylic acids is 1. The highest BCUT2D eigenvalue weighted by atomic mass is 32.2. The second-order valence-corrected chi connectivity index (χ2v) is 7.81. The Morgan fingerprint density at radius 3 is 2.45 bits per heavy atom. The first-order valence-corrected chi connectivity index (χ1v) is 8.48. The zero-order chi connectivity index (χ0) is 15.5. The zero-order valence-corrected chi connectivity index (χ0v) is 13.6. The molecule has 0 aliphatic heterocycles. The molecular formula is C12H20N2O4S2. The second kappa shape index (κ2) is 6.66. The minimum absolute atomic E-state index is 0.00399. The van der Waals surface area contributed by atoms with Crippen molar-refractivity contribution < 1.29 is 18.3 Å². The van der Waals surface area contributed by atoms with E-state index in [2.05, 4.69) is 4.72 Å². The molecule has 0 spiro atoms. The summed E-state index contributed by atoms with van der Waals surface area (Å²) >= 11 is 0.905. The Morgan fingerprint density at radius 2 is 2.05 bits per heavy atom. The summed E-state index contributed by atoms with van der Waals surface area (Å²) in [7, 11) is 0.0512. The largest absolute Gasteiger partial charge is 0.477 e. The first-order valence-electron chi connectivity index (χ1n) is 6.12.